The maximum absolute atomic E-state index is 11.5. The second-order valence-electron chi connectivity index (χ2n) is 11.4. The minimum Gasteiger partial charge on any atom is -0.393 e. The van der Waals surface area contributed by atoms with E-state index < -0.39 is 0 Å². The fourth-order valence-electron chi connectivity index (χ4n) is 7.48. The number of piperazine rings is 1. The summed E-state index contributed by atoms with van der Waals surface area (Å²) < 4.78 is 0. The number of aliphatic hydroxyl groups is 2. The molecule has 7 unspecified atom stereocenters. The molecule has 0 aromatic heterocycles. The number of aliphatic hydroxyl groups excluding tert-OH is 2. The number of nitrogens with zero attached hydrogens (tertiary/aromatic N) is 2. The fourth-order valence-corrected chi connectivity index (χ4v) is 7.48. The van der Waals surface area contributed by atoms with Crippen LogP contribution in [0.5, 0.6) is 0 Å². The highest BCUT2D eigenvalue weighted by Gasteiger charge is 2.56. The lowest BCUT2D eigenvalue weighted by atomic mass is 9.51. The number of allylic oxidation sites excluding steroid dienone is 1. The summed E-state index contributed by atoms with van der Waals surface area (Å²) >= 11 is 0. The van der Waals surface area contributed by atoms with Gasteiger partial charge in [-0.25, -0.2) is 0 Å². The Bertz CT molecular complexity index is 602. The highest BCUT2D eigenvalue weighted by molar-refractivity contribution is 5.21. The van der Waals surface area contributed by atoms with E-state index in [4.69, 9.17) is 0 Å². The van der Waals surface area contributed by atoms with Gasteiger partial charge >= 0.3 is 0 Å². The Balaban J connectivity index is 1.47. The normalized spacial score (nSPS) is 47.3. The Hall–Kier alpha value is -0.420. The predicted octanol–water partition coefficient (Wildman–Crippen LogP) is 3.53. The van der Waals surface area contributed by atoms with E-state index in [9.17, 15) is 10.2 Å². The third-order valence-corrected chi connectivity index (χ3v) is 9.92. The van der Waals surface area contributed by atoms with E-state index in [2.05, 4.69) is 37.3 Å². The summed E-state index contributed by atoms with van der Waals surface area (Å²) in [7, 11) is 2.21. The van der Waals surface area contributed by atoms with E-state index in [1.54, 1.807) is 0 Å². The average Bonchev–Trinajstić information content (AvgIpc) is 3.00. The molecule has 0 aromatic rings. The first-order valence-corrected chi connectivity index (χ1v) is 12.2. The lowest BCUT2D eigenvalue weighted by Crippen LogP contribution is -2.53. The van der Waals surface area contributed by atoms with Gasteiger partial charge in [-0.2, -0.15) is 0 Å². The SMILES string of the molecule is C=C1CCC2C(O)C(C3(C)CCC(O)CC3CCN3CCN(C)CC3)CCC12C. The molecule has 166 valence electrons. The van der Waals surface area contributed by atoms with Crippen LogP contribution in [0.2, 0.25) is 0 Å². The van der Waals surface area contributed by atoms with Gasteiger partial charge in [-0.3, -0.25) is 0 Å². The summed E-state index contributed by atoms with van der Waals surface area (Å²) in [5.74, 6) is 1.27. The zero-order chi connectivity index (χ0) is 20.8. The molecule has 3 aliphatic carbocycles. The smallest absolute Gasteiger partial charge is 0.0610 e. The van der Waals surface area contributed by atoms with Gasteiger partial charge in [0.15, 0.2) is 0 Å². The quantitative estimate of drug-likeness (QED) is 0.704. The molecule has 3 saturated carbocycles. The number of likely N-dealkylation sites (N-methyl/N-ethyl adjacent to an activating group) is 1. The lowest BCUT2D eigenvalue weighted by Gasteiger charge is -2.55. The Morgan fingerprint density at radius 3 is 2.45 bits per heavy atom. The van der Waals surface area contributed by atoms with Crippen molar-refractivity contribution in [2.75, 3.05) is 39.8 Å². The molecule has 1 saturated heterocycles. The zero-order valence-electron chi connectivity index (χ0n) is 19.1. The lowest BCUT2D eigenvalue weighted by molar-refractivity contribution is -0.121. The number of hydrogen-bond acceptors (Lipinski definition) is 4. The van der Waals surface area contributed by atoms with E-state index in [1.165, 1.54) is 12.0 Å². The van der Waals surface area contributed by atoms with Gasteiger partial charge in [-0.15, -0.1) is 0 Å². The Kier molecular flexibility index (Phi) is 6.21. The maximum Gasteiger partial charge on any atom is 0.0610 e. The van der Waals surface area contributed by atoms with Crippen LogP contribution in [0.1, 0.15) is 65.2 Å². The van der Waals surface area contributed by atoms with Gasteiger partial charge in [-0.05, 0) is 93.5 Å². The van der Waals surface area contributed by atoms with Crippen molar-refractivity contribution in [2.24, 2.45) is 28.6 Å². The highest BCUT2D eigenvalue weighted by Crippen LogP contribution is 2.61. The third-order valence-electron chi connectivity index (χ3n) is 9.92. The van der Waals surface area contributed by atoms with Crippen molar-refractivity contribution in [3.8, 4) is 0 Å². The number of rotatable bonds is 4. The first kappa shape index (κ1) is 21.8. The van der Waals surface area contributed by atoms with Gasteiger partial charge in [0.2, 0.25) is 0 Å². The van der Waals surface area contributed by atoms with Crippen molar-refractivity contribution in [3.63, 3.8) is 0 Å². The minimum atomic E-state index is -0.209. The standard InChI is InChI=1S/C25H44N2O2/c1-18-5-6-21-23(29)22(8-11-24(18,21)2)25(3)10-7-20(28)17-19(25)9-12-27-15-13-26(4)14-16-27/h19-23,28-29H,1,5-17H2,2-4H3. The van der Waals surface area contributed by atoms with Crippen LogP contribution in [0.25, 0.3) is 0 Å². The van der Waals surface area contributed by atoms with Crippen LogP contribution in [-0.2, 0) is 0 Å². The fraction of sp³-hybridized carbons (Fsp3) is 0.920. The topological polar surface area (TPSA) is 46.9 Å². The molecule has 4 aliphatic rings. The molecular weight excluding hydrogens is 360 g/mol. The molecule has 4 nitrogen and oxygen atoms in total. The molecule has 29 heavy (non-hydrogen) atoms. The van der Waals surface area contributed by atoms with Gasteiger partial charge < -0.3 is 20.0 Å². The molecule has 0 radical (unpaired) electrons. The molecule has 4 rings (SSSR count). The summed E-state index contributed by atoms with van der Waals surface area (Å²) in [6.07, 6.45) is 8.18. The monoisotopic (exact) mass is 404 g/mol. The van der Waals surface area contributed by atoms with E-state index >= 15 is 0 Å². The number of fused-ring (bicyclic) bond motifs is 1. The van der Waals surface area contributed by atoms with E-state index in [0.717, 1.165) is 77.7 Å². The van der Waals surface area contributed by atoms with Gasteiger partial charge in [-0.1, -0.05) is 26.0 Å². The van der Waals surface area contributed by atoms with Gasteiger partial charge in [0.25, 0.3) is 0 Å². The molecule has 0 aromatic carbocycles. The van der Waals surface area contributed by atoms with E-state index in [-0.39, 0.29) is 23.0 Å². The van der Waals surface area contributed by atoms with Crippen LogP contribution < -0.4 is 0 Å². The van der Waals surface area contributed by atoms with Crippen LogP contribution in [-0.4, -0.2) is 72.0 Å². The molecule has 1 aliphatic heterocycles. The second-order valence-corrected chi connectivity index (χ2v) is 11.4. The van der Waals surface area contributed by atoms with Crippen LogP contribution in [0.3, 0.4) is 0 Å². The van der Waals surface area contributed by atoms with Crippen molar-refractivity contribution in [3.05, 3.63) is 12.2 Å². The molecule has 0 spiro atoms. The Labute approximate surface area is 178 Å². The van der Waals surface area contributed by atoms with Crippen molar-refractivity contribution < 1.29 is 10.2 Å². The molecule has 4 fully saturated rings. The van der Waals surface area contributed by atoms with Crippen molar-refractivity contribution in [1.82, 2.24) is 9.80 Å². The molecule has 1 heterocycles. The molecule has 7 atom stereocenters. The number of hydrogen-bond donors (Lipinski definition) is 2. The van der Waals surface area contributed by atoms with E-state index in [1.807, 2.05) is 0 Å². The molecule has 2 N–H and O–H groups in total. The molecule has 0 amide bonds. The largest absolute Gasteiger partial charge is 0.393 e. The summed E-state index contributed by atoms with van der Waals surface area (Å²) in [6, 6.07) is 0. The van der Waals surface area contributed by atoms with Gasteiger partial charge in [0.1, 0.15) is 0 Å². The summed E-state index contributed by atoms with van der Waals surface area (Å²) in [4.78, 5) is 5.02. The first-order valence-electron chi connectivity index (χ1n) is 12.2. The van der Waals surface area contributed by atoms with Gasteiger partial charge in [0.05, 0.1) is 12.2 Å². The van der Waals surface area contributed by atoms with Crippen molar-refractivity contribution in [1.29, 1.82) is 0 Å². The predicted molar refractivity (Wildman–Crippen MR) is 119 cm³/mol. The molecule has 4 heteroatoms. The molecular formula is C25H44N2O2. The summed E-state index contributed by atoms with van der Waals surface area (Å²) in [6.45, 7) is 15.0. The van der Waals surface area contributed by atoms with Crippen molar-refractivity contribution in [2.45, 2.75) is 77.4 Å². The molecule has 0 bridgehead atoms. The van der Waals surface area contributed by atoms with Crippen molar-refractivity contribution >= 4 is 0 Å². The van der Waals surface area contributed by atoms with Crippen LogP contribution in [0.4, 0.5) is 0 Å². The summed E-state index contributed by atoms with van der Waals surface area (Å²) in [5.41, 5.74) is 1.67. The summed E-state index contributed by atoms with van der Waals surface area (Å²) in [5, 5.41) is 22.0. The van der Waals surface area contributed by atoms with E-state index in [0.29, 0.717) is 17.8 Å². The Morgan fingerprint density at radius 1 is 1.00 bits per heavy atom. The average molecular weight is 405 g/mol. The zero-order valence-corrected chi connectivity index (χ0v) is 19.1. The van der Waals surface area contributed by atoms with Crippen LogP contribution >= 0.6 is 0 Å². The Morgan fingerprint density at radius 2 is 1.72 bits per heavy atom. The highest BCUT2D eigenvalue weighted by atomic mass is 16.3. The van der Waals surface area contributed by atoms with Gasteiger partial charge in [0, 0.05) is 26.2 Å². The first-order chi connectivity index (χ1) is 13.7. The van der Waals surface area contributed by atoms with Crippen LogP contribution in [0.15, 0.2) is 12.2 Å². The third kappa shape index (κ3) is 3.95. The minimum absolute atomic E-state index is 0.149. The van der Waals surface area contributed by atoms with Crippen LogP contribution in [0, 0.1) is 28.6 Å². The second kappa shape index (κ2) is 8.26. The maximum atomic E-state index is 11.5.